The van der Waals surface area contributed by atoms with Gasteiger partial charge in [0.2, 0.25) is 0 Å². The van der Waals surface area contributed by atoms with E-state index in [9.17, 15) is 0 Å². The lowest BCUT2D eigenvalue weighted by atomic mass is 10.1. The van der Waals surface area contributed by atoms with Gasteiger partial charge in [-0.15, -0.1) is 0 Å². The van der Waals surface area contributed by atoms with Crippen LogP contribution >= 0.6 is 0 Å². The Bertz CT molecular complexity index is 729. The van der Waals surface area contributed by atoms with E-state index in [0.717, 1.165) is 39.3 Å². The van der Waals surface area contributed by atoms with E-state index < -0.39 is 0 Å². The first-order valence-corrected chi connectivity index (χ1v) is 9.25. The maximum atomic E-state index is 5.84. The first-order valence-electron chi connectivity index (χ1n) is 9.25. The minimum atomic E-state index is 0.234. The Morgan fingerprint density at radius 3 is 2.85 bits per heavy atom. The first kappa shape index (κ1) is 17.5. The molecule has 0 amide bonds. The second-order valence-corrected chi connectivity index (χ2v) is 7.12. The normalized spacial score (nSPS) is 21.8. The predicted octanol–water partition coefficient (Wildman–Crippen LogP) is 2.00. The van der Waals surface area contributed by atoms with E-state index in [-0.39, 0.29) is 12.2 Å². The average Bonchev–Trinajstić information content (AvgIpc) is 3.02. The number of hydrogen-bond donors (Lipinski definition) is 0. The van der Waals surface area contributed by atoms with E-state index >= 15 is 0 Å². The summed E-state index contributed by atoms with van der Waals surface area (Å²) in [7, 11) is 0. The van der Waals surface area contributed by atoms with E-state index in [1.54, 1.807) is 0 Å². The molecule has 0 spiro atoms. The number of nitrogens with zero attached hydrogens (tertiary/aromatic N) is 4. The van der Waals surface area contributed by atoms with Crippen LogP contribution in [-0.2, 0) is 22.6 Å². The third-order valence-electron chi connectivity index (χ3n) is 4.90. The molecule has 4 rings (SSSR count). The summed E-state index contributed by atoms with van der Waals surface area (Å²) in [4.78, 5) is 9.01. The van der Waals surface area contributed by atoms with Crippen LogP contribution in [0, 0.1) is 6.92 Å². The smallest absolute Gasteiger partial charge is 0.252 e. The van der Waals surface area contributed by atoms with Gasteiger partial charge in [-0.25, -0.2) is 0 Å². The maximum Gasteiger partial charge on any atom is 0.252 e. The lowest BCUT2D eigenvalue weighted by Crippen LogP contribution is -2.51. The van der Waals surface area contributed by atoms with Gasteiger partial charge in [-0.3, -0.25) is 4.90 Å². The van der Waals surface area contributed by atoms with Crippen LogP contribution in [0.15, 0.2) is 28.8 Å². The third kappa shape index (κ3) is 4.06. The van der Waals surface area contributed by atoms with E-state index in [4.69, 9.17) is 14.0 Å². The Kier molecular flexibility index (Phi) is 5.19. The number of likely N-dealkylation sites (tertiary alicyclic amines) is 1. The van der Waals surface area contributed by atoms with Crippen LogP contribution in [0.2, 0.25) is 0 Å². The molecule has 3 heterocycles. The van der Waals surface area contributed by atoms with Crippen LogP contribution < -0.4 is 4.90 Å². The number of benzene rings is 1. The molecule has 26 heavy (non-hydrogen) atoms. The fourth-order valence-corrected chi connectivity index (χ4v) is 3.58. The lowest BCUT2D eigenvalue weighted by Gasteiger charge is -2.40. The minimum absolute atomic E-state index is 0.234. The quantitative estimate of drug-likeness (QED) is 0.782. The summed E-state index contributed by atoms with van der Waals surface area (Å²) >= 11 is 0. The van der Waals surface area contributed by atoms with Crippen molar-refractivity contribution in [2.24, 2.45) is 0 Å². The van der Waals surface area contributed by atoms with Gasteiger partial charge in [0.05, 0.1) is 18.8 Å². The van der Waals surface area contributed by atoms with Crippen molar-refractivity contribution in [3.05, 3.63) is 41.5 Å². The maximum absolute atomic E-state index is 5.84. The van der Waals surface area contributed by atoms with Gasteiger partial charge in [-0.2, -0.15) is 4.98 Å². The number of hydrogen-bond acceptors (Lipinski definition) is 7. The number of anilines is 1. The zero-order valence-corrected chi connectivity index (χ0v) is 15.4. The molecule has 2 fully saturated rings. The topological polar surface area (TPSA) is 63.9 Å². The highest BCUT2D eigenvalue weighted by atomic mass is 16.5. The summed E-state index contributed by atoms with van der Waals surface area (Å²) in [5, 5.41) is 3.78. The summed E-state index contributed by atoms with van der Waals surface area (Å²) in [6, 6.07) is 8.69. The molecule has 2 aromatic rings. The van der Waals surface area contributed by atoms with Crippen molar-refractivity contribution >= 4 is 5.69 Å². The fourth-order valence-electron chi connectivity index (χ4n) is 3.58. The number of para-hydroxylation sites is 1. The van der Waals surface area contributed by atoms with Gasteiger partial charge in [0.25, 0.3) is 5.89 Å². The van der Waals surface area contributed by atoms with Crippen molar-refractivity contribution in [3.63, 3.8) is 0 Å². The standard InChI is InChI=1S/C19H26N4O3/c1-14-9-23(7-8-24-14)18-6-4-3-5-16(18)10-22-11-17(12-22)25-13-19-20-15(2)21-26-19/h3-6,14,17H,7-13H2,1-2H3. The summed E-state index contributed by atoms with van der Waals surface area (Å²) in [5.41, 5.74) is 2.70. The number of morpholine rings is 1. The third-order valence-corrected chi connectivity index (χ3v) is 4.90. The van der Waals surface area contributed by atoms with Crippen LogP contribution in [0.4, 0.5) is 5.69 Å². The summed E-state index contributed by atoms with van der Waals surface area (Å²) in [6.45, 7) is 9.85. The largest absolute Gasteiger partial charge is 0.375 e. The molecule has 0 aliphatic carbocycles. The van der Waals surface area contributed by atoms with E-state index in [1.165, 1.54) is 11.3 Å². The van der Waals surface area contributed by atoms with Crippen LogP contribution in [0.1, 0.15) is 24.2 Å². The van der Waals surface area contributed by atoms with Gasteiger partial charge in [-0.05, 0) is 25.5 Å². The summed E-state index contributed by atoms with van der Waals surface area (Å²) in [5.74, 6) is 1.20. The lowest BCUT2D eigenvalue weighted by molar-refractivity contribution is -0.0721. The number of ether oxygens (including phenoxy) is 2. The van der Waals surface area contributed by atoms with Crippen molar-refractivity contribution in [1.29, 1.82) is 0 Å². The first-order chi connectivity index (χ1) is 12.7. The molecule has 0 bridgehead atoms. The van der Waals surface area contributed by atoms with E-state index in [1.807, 2.05) is 6.92 Å². The predicted molar refractivity (Wildman–Crippen MR) is 97.0 cm³/mol. The van der Waals surface area contributed by atoms with Crippen LogP contribution in [0.3, 0.4) is 0 Å². The monoisotopic (exact) mass is 358 g/mol. The molecule has 1 aromatic carbocycles. The Hall–Kier alpha value is -1.96. The van der Waals surface area contributed by atoms with Crippen LogP contribution in [0.5, 0.6) is 0 Å². The minimum Gasteiger partial charge on any atom is -0.375 e. The second kappa shape index (κ2) is 7.73. The fraction of sp³-hybridized carbons (Fsp3) is 0.579. The van der Waals surface area contributed by atoms with Gasteiger partial charge in [0.1, 0.15) is 6.61 Å². The Morgan fingerprint density at radius 2 is 2.08 bits per heavy atom. The van der Waals surface area contributed by atoms with Crippen molar-refractivity contribution in [3.8, 4) is 0 Å². The molecule has 1 atom stereocenters. The average molecular weight is 358 g/mol. The summed E-state index contributed by atoms with van der Waals surface area (Å²) < 4.78 is 16.6. The zero-order valence-electron chi connectivity index (χ0n) is 15.4. The SMILES string of the molecule is Cc1noc(COC2CN(Cc3ccccc3N3CCOC(C)C3)C2)n1. The Labute approximate surface area is 153 Å². The van der Waals surface area contributed by atoms with Crippen molar-refractivity contribution in [1.82, 2.24) is 15.0 Å². The molecule has 7 heteroatoms. The van der Waals surface area contributed by atoms with E-state index in [0.29, 0.717) is 18.3 Å². The molecule has 7 nitrogen and oxygen atoms in total. The van der Waals surface area contributed by atoms with Crippen molar-refractivity contribution in [2.45, 2.75) is 39.2 Å². The molecule has 2 aliphatic heterocycles. The summed E-state index contributed by atoms with van der Waals surface area (Å²) in [6.07, 6.45) is 0.518. The number of aryl methyl sites for hydroxylation is 1. The van der Waals surface area contributed by atoms with E-state index in [2.05, 4.69) is 51.1 Å². The molecule has 1 aromatic heterocycles. The van der Waals surface area contributed by atoms with Gasteiger partial charge in [0.15, 0.2) is 5.82 Å². The number of aromatic nitrogens is 2. The molecule has 2 saturated heterocycles. The van der Waals surface area contributed by atoms with Crippen LogP contribution in [-0.4, -0.2) is 60.0 Å². The highest BCUT2D eigenvalue weighted by Crippen LogP contribution is 2.26. The highest BCUT2D eigenvalue weighted by molar-refractivity contribution is 5.54. The molecule has 140 valence electrons. The highest BCUT2D eigenvalue weighted by Gasteiger charge is 2.29. The zero-order chi connectivity index (χ0) is 17.9. The van der Waals surface area contributed by atoms with Gasteiger partial charge in [-0.1, -0.05) is 23.4 Å². The van der Waals surface area contributed by atoms with Gasteiger partial charge < -0.3 is 18.9 Å². The molecule has 1 unspecified atom stereocenters. The molecule has 0 radical (unpaired) electrons. The molecule has 0 saturated carbocycles. The Morgan fingerprint density at radius 1 is 1.23 bits per heavy atom. The van der Waals surface area contributed by atoms with Gasteiger partial charge >= 0.3 is 0 Å². The molecular weight excluding hydrogens is 332 g/mol. The van der Waals surface area contributed by atoms with Crippen LogP contribution in [0.25, 0.3) is 0 Å². The van der Waals surface area contributed by atoms with Gasteiger partial charge in [0, 0.05) is 38.4 Å². The number of rotatable bonds is 6. The Balaban J connectivity index is 1.29. The molecule has 2 aliphatic rings. The van der Waals surface area contributed by atoms with Crippen molar-refractivity contribution < 1.29 is 14.0 Å². The van der Waals surface area contributed by atoms with Crippen molar-refractivity contribution in [2.75, 3.05) is 37.7 Å². The second-order valence-electron chi connectivity index (χ2n) is 7.12. The molecule has 0 N–H and O–H groups in total. The molecular formula is C19H26N4O3.